The Hall–Kier alpha value is -1.11. The minimum absolute atomic E-state index is 0.0109. The Morgan fingerprint density at radius 3 is 2.35 bits per heavy atom. The summed E-state index contributed by atoms with van der Waals surface area (Å²) in [5, 5.41) is 2.77. The normalized spacial score (nSPS) is 11.7. The molecule has 0 heterocycles. The summed E-state index contributed by atoms with van der Waals surface area (Å²) in [6.07, 6.45) is 0.320. The number of amides is 1. The van der Waals surface area contributed by atoms with E-state index in [0.29, 0.717) is 25.2 Å². The molecule has 0 bridgehead atoms. The van der Waals surface area contributed by atoms with Crippen LogP contribution >= 0.6 is 11.6 Å². The Balaban J connectivity index is 3.23. The second-order valence-corrected chi connectivity index (χ2v) is 6.45. The summed E-state index contributed by atoms with van der Waals surface area (Å²) in [5.41, 5.74) is 0.423. The van der Waals surface area contributed by atoms with E-state index >= 15 is 0 Å². The Labute approximate surface area is 125 Å². The first kappa shape index (κ1) is 16.9. The Bertz CT molecular complexity index is 583. The molecule has 0 aliphatic heterocycles. The van der Waals surface area contributed by atoms with Crippen LogP contribution in [0, 0.1) is 0 Å². The van der Waals surface area contributed by atoms with E-state index in [4.69, 9.17) is 11.6 Å². The van der Waals surface area contributed by atoms with E-state index in [1.807, 2.05) is 0 Å². The van der Waals surface area contributed by atoms with Crippen molar-refractivity contribution < 1.29 is 13.2 Å². The maximum absolute atomic E-state index is 12.5. The van der Waals surface area contributed by atoms with Crippen LogP contribution in [0.1, 0.15) is 27.2 Å². The quantitative estimate of drug-likeness (QED) is 0.877. The highest BCUT2D eigenvalue weighted by atomic mass is 35.5. The largest absolute Gasteiger partial charge is 0.326 e. The molecule has 0 aliphatic rings. The molecule has 20 heavy (non-hydrogen) atoms. The van der Waals surface area contributed by atoms with Crippen molar-refractivity contribution >= 4 is 33.2 Å². The Morgan fingerprint density at radius 1 is 1.25 bits per heavy atom. The van der Waals surface area contributed by atoms with Crippen LogP contribution in [0.4, 0.5) is 5.69 Å². The molecule has 0 spiro atoms. The predicted molar refractivity (Wildman–Crippen MR) is 80.5 cm³/mol. The molecule has 0 radical (unpaired) electrons. The van der Waals surface area contributed by atoms with Gasteiger partial charge in [0.1, 0.15) is 4.90 Å². The number of nitrogens with one attached hydrogen (secondary N) is 1. The summed E-state index contributed by atoms with van der Waals surface area (Å²) in [7, 11) is -3.65. The minimum Gasteiger partial charge on any atom is -0.326 e. The van der Waals surface area contributed by atoms with Gasteiger partial charge in [0, 0.05) is 25.2 Å². The van der Waals surface area contributed by atoms with Crippen molar-refractivity contribution in [1.29, 1.82) is 0 Å². The van der Waals surface area contributed by atoms with E-state index in [2.05, 4.69) is 5.32 Å². The molecule has 0 fully saturated rings. The number of nitrogens with zero attached hydrogens (tertiary/aromatic N) is 1. The van der Waals surface area contributed by atoms with Crippen LogP contribution in [0.25, 0.3) is 0 Å². The number of benzene rings is 1. The van der Waals surface area contributed by atoms with Gasteiger partial charge in [-0.05, 0) is 18.2 Å². The lowest BCUT2D eigenvalue weighted by Gasteiger charge is -2.19. The third-order valence-corrected chi connectivity index (χ3v) is 5.39. The van der Waals surface area contributed by atoms with Crippen LogP contribution in [0.5, 0.6) is 0 Å². The first-order chi connectivity index (χ1) is 9.36. The molecular formula is C13H19ClN2O3S. The topological polar surface area (TPSA) is 66.5 Å². The first-order valence-electron chi connectivity index (χ1n) is 6.46. The molecule has 1 aromatic carbocycles. The van der Waals surface area contributed by atoms with Gasteiger partial charge in [-0.25, -0.2) is 8.42 Å². The van der Waals surface area contributed by atoms with Crippen molar-refractivity contribution in [3.05, 3.63) is 23.2 Å². The SMILES string of the molecule is CCC(=O)Nc1ccc(Cl)c(S(=O)(=O)N(CC)CC)c1. The zero-order chi connectivity index (χ0) is 15.3. The third-order valence-electron chi connectivity index (χ3n) is 2.86. The van der Waals surface area contributed by atoms with E-state index in [9.17, 15) is 13.2 Å². The van der Waals surface area contributed by atoms with Gasteiger partial charge in [-0.3, -0.25) is 4.79 Å². The fourth-order valence-electron chi connectivity index (χ4n) is 1.73. The average molecular weight is 319 g/mol. The number of sulfonamides is 1. The van der Waals surface area contributed by atoms with Crippen LogP contribution in [0.2, 0.25) is 5.02 Å². The van der Waals surface area contributed by atoms with Crippen LogP contribution in [-0.2, 0) is 14.8 Å². The molecule has 5 nitrogen and oxygen atoms in total. The molecular weight excluding hydrogens is 300 g/mol. The fourth-order valence-corrected chi connectivity index (χ4v) is 3.69. The molecule has 0 saturated heterocycles. The summed E-state index contributed by atoms with van der Waals surface area (Å²) in [5.74, 6) is -0.182. The zero-order valence-corrected chi connectivity index (χ0v) is 13.4. The lowest BCUT2D eigenvalue weighted by molar-refractivity contribution is -0.115. The molecule has 1 amide bonds. The van der Waals surface area contributed by atoms with Crippen LogP contribution < -0.4 is 5.32 Å². The van der Waals surface area contributed by atoms with Gasteiger partial charge < -0.3 is 5.32 Å². The minimum atomic E-state index is -3.65. The molecule has 1 N–H and O–H groups in total. The Morgan fingerprint density at radius 2 is 1.85 bits per heavy atom. The van der Waals surface area contributed by atoms with Gasteiger partial charge in [-0.1, -0.05) is 32.4 Å². The van der Waals surface area contributed by atoms with E-state index in [1.165, 1.54) is 16.4 Å². The van der Waals surface area contributed by atoms with Gasteiger partial charge in [0.05, 0.1) is 5.02 Å². The van der Waals surface area contributed by atoms with Crippen LogP contribution in [0.15, 0.2) is 23.1 Å². The molecule has 1 aromatic rings. The summed E-state index contributed by atoms with van der Waals surface area (Å²) in [6, 6.07) is 4.45. The summed E-state index contributed by atoms with van der Waals surface area (Å²) < 4.78 is 26.2. The van der Waals surface area contributed by atoms with Gasteiger partial charge in [-0.2, -0.15) is 4.31 Å². The molecule has 1 rings (SSSR count). The van der Waals surface area contributed by atoms with E-state index in [-0.39, 0.29) is 15.8 Å². The van der Waals surface area contributed by atoms with Crippen molar-refractivity contribution in [2.75, 3.05) is 18.4 Å². The molecule has 0 aliphatic carbocycles. The van der Waals surface area contributed by atoms with Gasteiger partial charge in [0.25, 0.3) is 0 Å². The number of carbonyl (C=O) groups is 1. The highest BCUT2D eigenvalue weighted by molar-refractivity contribution is 7.89. The fraction of sp³-hybridized carbons (Fsp3) is 0.462. The number of rotatable bonds is 6. The number of hydrogen-bond acceptors (Lipinski definition) is 3. The van der Waals surface area contributed by atoms with Gasteiger partial charge in [-0.15, -0.1) is 0 Å². The lowest BCUT2D eigenvalue weighted by atomic mass is 10.3. The summed E-state index contributed by atoms with van der Waals surface area (Å²) in [6.45, 7) is 5.97. The standard InChI is InChI=1S/C13H19ClN2O3S/c1-4-13(17)15-10-7-8-11(14)12(9-10)20(18,19)16(5-2)6-3/h7-9H,4-6H2,1-3H3,(H,15,17). The third kappa shape index (κ3) is 3.71. The summed E-state index contributed by atoms with van der Waals surface area (Å²) in [4.78, 5) is 11.4. The van der Waals surface area contributed by atoms with Crippen molar-refractivity contribution in [3.8, 4) is 0 Å². The average Bonchev–Trinajstić information content (AvgIpc) is 2.41. The number of halogens is 1. The lowest BCUT2D eigenvalue weighted by Crippen LogP contribution is -2.30. The maximum atomic E-state index is 12.5. The van der Waals surface area contributed by atoms with E-state index in [0.717, 1.165) is 0 Å². The van der Waals surface area contributed by atoms with Crippen molar-refractivity contribution in [3.63, 3.8) is 0 Å². The summed E-state index contributed by atoms with van der Waals surface area (Å²) >= 11 is 5.99. The smallest absolute Gasteiger partial charge is 0.244 e. The Kier molecular flexibility index (Phi) is 5.98. The van der Waals surface area contributed by atoms with Crippen LogP contribution in [0.3, 0.4) is 0 Å². The molecule has 0 atom stereocenters. The second-order valence-electron chi connectivity index (χ2n) is 4.14. The number of carbonyl (C=O) groups excluding carboxylic acids is 1. The van der Waals surface area contributed by atoms with E-state index < -0.39 is 10.0 Å². The van der Waals surface area contributed by atoms with Gasteiger partial charge >= 0.3 is 0 Å². The molecule has 0 aromatic heterocycles. The second kappa shape index (κ2) is 7.06. The molecule has 0 unspecified atom stereocenters. The van der Waals surface area contributed by atoms with Crippen molar-refractivity contribution in [2.24, 2.45) is 0 Å². The first-order valence-corrected chi connectivity index (χ1v) is 8.28. The van der Waals surface area contributed by atoms with E-state index in [1.54, 1.807) is 26.8 Å². The maximum Gasteiger partial charge on any atom is 0.244 e. The van der Waals surface area contributed by atoms with Crippen molar-refractivity contribution in [2.45, 2.75) is 32.1 Å². The highest BCUT2D eigenvalue weighted by Crippen LogP contribution is 2.27. The van der Waals surface area contributed by atoms with Gasteiger partial charge in [0.2, 0.25) is 15.9 Å². The van der Waals surface area contributed by atoms with Gasteiger partial charge in [0.15, 0.2) is 0 Å². The molecule has 112 valence electrons. The molecule has 7 heteroatoms. The number of hydrogen-bond donors (Lipinski definition) is 1. The predicted octanol–water partition coefficient (Wildman–Crippen LogP) is 2.72. The highest BCUT2D eigenvalue weighted by Gasteiger charge is 2.24. The monoisotopic (exact) mass is 318 g/mol. The zero-order valence-electron chi connectivity index (χ0n) is 11.8. The van der Waals surface area contributed by atoms with Crippen LogP contribution in [-0.4, -0.2) is 31.7 Å². The molecule has 0 saturated carbocycles. The van der Waals surface area contributed by atoms with Crippen molar-refractivity contribution in [1.82, 2.24) is 4.31 Å². The number of anilines is 1.